The molecule has 0 aliphatic carbocycles. The third-order valence-electron chi connectivity index (χ3n) is 5.21. The van der Waals surface area contributed by atoms with E-state index >= 15 is 0 Å². The zero-order valence-electron chi connectivity index (χ0n) is 18.3. The first kappa shape index (κ1) is 25.2. The Kier molecular flexibility index (Phi) is 14.8. The Hall–Kier alpha value is -0.830. The molecular weight excluding hydrogens is 322 g/mol. The van der Waals surface area contributed by atoms with Crippen LogP contribution in [0.1, 0.15) is 106 Å². The van der Waals surface area contributed by atoms with E-state index in [1.165, 1.54) is 44.9 Å². The molecule has 0 spiro atoms. The fraction of sp³-hybridized carbons (Fsp3) is 0.870. The van der Waals surface area contributed by atoms with Crippen molar-refractivity contribution < 1.29 is 9.90 Å². The Morgan fingerprint density at radius 3 is 1.92 bits per heavy atom. The maximum absolute atomic E-state index is 11.7. The average molecular weight is 368 g/mol. The van der Waals surface area contributed by atoms with Gasteiger partial charge < -0.3 is 10.4 Å². The van der Waals surface area contributed by atoms with E-state index in [1.54, 1.807) is 6.08 Å². The van der Waals surface area contributed by atoms with Crippen LogP contribution in [0, 0.1) is 17.8 Å². The van der Waals surface area contributed by atoms with Crippen molar-refractivity contribution in [2.24, 2.45) is 17.8 Å². The highest BCUT2D eigenvalue weighted by molar-refractivity contribution is 5.88. The zero-order valence-corrected chi connectivity index (χ0v) is 18.3. The van der Waals surface area contributed by atoms with Crippen molar-refractivity contribution in [1.82, 2.24) is 5.32 Å². The Morgan fingerprint density at radius 2 is 1.42 bits per heavy atom. The van der Waals surface area contributed by atoms with Crippen LogP contribution in [0.15, 0.2) is 11.6 Å². The molecule has 0 aliphatic rings. The number of allylic oxidation sites excluding steroid dienone is 1. The molecule has 2 N–H and O–H groups in total. The van der Waals surface area contributed by atoms with Gasteiger partial charge in [0, 0.05) is 6.08 Å². The molecule has 3 nitrogen and oxygen atoms in total. The number of nitrogens with one attached hydrogen (secondary N) is 1. The summed E-state index contributed by atoms with van der Waals surface area (Å²) in [4.78, 5) is 11.7. The number of carbonyl (C=O) groups excluding carboxylic acids is 1. The normalized spacial score (nSPS) is 15.8. The molecule has 0 radical (unpaired) electrons. The lowest BCUT2D eigenvalue weighted by atomic mass is 9.91. The number of hydrogen-bond donors (Lipinski definition) is 2. The summed E-state index contributed by atoms with van der Waals surface area (Å²) in [7, 11) is 0. The summed E-state index contributed by atoms with van der Waals surface area (Å²) in [6.07, 6.45) is 12.9. The van der Waals surface area contributed by atoms with Gasteiger partial charge in [-0.05, 0) is 43.9 Å². The maximum Gasteiger partial charge on any atom is 0.245 e. The largest absolute Gasteiger partial charge is 0.374 e. The van der Waals surface area contributed by atoms with Crippen LogP contribution in [-0.2, 0) is 4.79 Å². The topological polar surface area (TPSA) is 49.3 Å². The van der Waals surface area contributed by atoms with E-state index in [4.69, 9.17) is 0 Å². The van der Waals surface area contributed by atoms with E-state index in [-0.39, 0.29) is 5.91 Å². The van der Waals surface area contributed by atoms with Crippen LogP contribution in [0.3, 0.4) is 0 Å². The van der Waals surface area contributed by atoms with Gasteiger partial charge in [-0.3, -0.25) is 4.79 Å². The van der Waals surface area contributed by atoms with Crippen LogP contribution in [0.5, 0.6) is 0 Å². The van der Waals surface area contributed by atoms with Gasteiger partial charge in [-0.15, -0.1) is 0 Å². The predicted octanol–water partition coefficient (Wildman–Crippen LogP) is 6.22. The minimum atomic E-state index is -0.737. The number of amides is 1. The summed E-state index contributed by atoms with van der Waals surface area (Å²) in [5.41, 5.74) is 1.09. The van der Waals surface area contributed by atoms with Gasteiger partial charge in [-0.2, -0.15) is 0 Å². The molecule has 3 heteroatoms. The Bertz CT molecular complexity index is 390. The van der Waals surface area contributed by atoms with E-state index < -0.39 is 6.23 Å². The van der Waals surface area contributed by atoms with E-state index in [2.05, 4.69) is 33.0 Å². The van der Waals surface area contributed by atoms with Crippen molar-refractivity contribution in [1.29, 1.82) is 0 Å². The molecule has 0 aliphatic heterocycles. The molecule has 1 amide bonds. The predicted molar refractivity (Wildman–Crippen MR) is 113 cm³/mol. The Balaban J connectivity index is 3.78. The molecule has 26 heavy (non-hydrogen) atoms. The molecule has 0 aromatic heterocycles. The fourth-order valence-electron chi connectivity index (χ4n) is 3.31. The molecule has 0 saturated carbocycles. The first-order valence-corrected chi connectivity index (χ1v) is 10.9. The third kappa shape index (κ3) is 15.4. The molecule has 0 heterocycles. The monoisotopic (exact) mass is 367 g/mol. The lowest BCUT2D eigenvalue weighted by Gasteiger charge is -2.15. The Morgan fingerprint density at radius 1 is 0.923 bits per heavy atom. The van der Waals surface area contributed by atoms with Crippen molar-refractivity contribution in [2.45, 2.75) is 112 Å². The highest BCUT2D eigenvalue weighted by Gasteiger charge is 2.07. The maximum atomic E-state index is 11.7. The number of aliphatic hydroxyl groups excluding tert-OH is 1. The summed E-state index contributed by atoms with van der Waals surface area (Å²) in [6.45, 7) is 13.2. The third-order valence-corrected chi connectivity index (χ3v) is 5.21. The Labute approximate surface area is 163 Å². The quantitative estimate of drug-likeness (QED) is 0.267. The zero-order chi connectivity index (χ0) is 19.9. The smallest absolute Gasteiger partial charge is 0.245 e. The summed E-state index contributed by atoms with van der Waals surface area (Å²) in [5.74, 6) is 2.28. The number of hydrogen-bond acceptors (Lipinski definition) is 2. The van der Waals surface area contributed by atoms with Crippen LogP contribution in [0.25, 0.3) is 0 Å². The molecule has 0 aromatic rings. The molecule has 0 aromatic carbocycles. The molecule has 0 fully saturated rings. The van der Waals surface area contributed by atoms with Gasteiger partial charge >= 0.3 is 0 Å². The number of carbonyl (C=O) groups is 1. The van der Waals surface area contributed by atoms with Crippen LogP contribution in [0.2, 0.25) is 0 Å². The van der Waals surface area contributed by atoms with Crippen molar-refractivity contribution in [2.75, 3.05) is 0 Å². The van der Waals surface area contributed by atoms with Gasteiger partial charge in [0.2, 0.25) is 5.91 Å². The van der Waals surface area contributed by atoms with Gasteiger partial charge in [0.05, 0.1) is 0 Å². The van der Waals surface area contributed by atoms with Gasteiger partial charge in [0.1, 0.15) is 6.23 Å². The van der Waals surface area contributed by atoms with E-state index in [1.807, 2.05) is 13.8 Å². The first-order chi connectivity index (χ1) is 12.2. The van der Waals surface area contributed by atoms with Crippen molar-refractivity contribution in [3.63, 3.8) is 0 Å². The standard InChI is InChI=1S/C23H45NO2/c1-7-22(25)24-23(26)17-21(6)16-10-15-20(5)14-9-13-19(4)12-8-11-18(2)3/h17-20,22,25H,7-16H2,1-6H3,(H,24,26). The van der Waals surface area contributed by atoms with E-state index in [0.717, 1.165) is 36.2 Å². The molecular formula is C23H45NO2. The minimum absolute atomic E-state index is 0.184. The summed E-state index contributed by atoms with van der Waals surface area (Å²) in [6, 6.07) is 0. The molecule has 0 rings (SSSR count). The lowest BCUT2D eigenvalue weighted by molar-refractivity contribution is -0.119. The van der Waals surface area contributed by atoms with Crippen LogP contribution < -0.4 is 5.32 Å². The summed E-state index contributed by atoms with van der Waals surface area (Å²) < 4.78 is 0. The SMILES string of the molecule is CCC(O)NC(=O)C=C(C)CCCC(C)CCCC(C)CCCC(C)C. The number of rotatable bonds is 15. The van der Waals surface area contributed by atoms with Gasteiger partial charge in [-0.25, -0.2) is 0 Å². The lowest BCUT2D eigenvalue weighted by Crippen LogP contribution is -2.32. The number of aliphatic hydroxyl groups is 1. The van der Waals surface area contributed by atoms with Gasteiger partial charge in [0.15, 0.2) is 0 Å². The molecule has 0 saturated heterocycles. The summed E-state index contributed by atoms with van der Waals surface area (Å²) in [5, 5.41) is 12.0. The van der Waals surface area contributed by atoms with Gasteiger partial charge in [0.25, 0.3) is 0 Å². The van der Waals surface area contributed by atoms with Crippen molar-refractivity contribution in [3.05, 3.63) is 11.6 Å². The second-order valence-corrected chi connectivity index (χ2v) is 8.78. The summed E-state index contributed by atoms with van der Waals surface area (Å²) >= 11 is 0. The highest BCUT2D eigenvalue weighted by atomic mass is 16.3. The van der Waals surface area contributed by atoms with E-state index in [9.17, 15) is 9.90 Å². The van der Waals surface area contributed by atoms with Gasteiger partial charge in [-0.1, -0.05) is 85.1 Å². The second kappa shape index (κ2) is 15.2. The minimum Gasteiger partial charge on any atom is -0.374 e. The molecule has 0 bridgehead atoms. The second-order valence-electron chi connectivity index (χ2n) is 8.78. The fourth-order valence-corrected chi connectivity index (χ4v) is 3.31. The van der Waals surface area contributed by atoms with Crippen LogP contribution in [0.4, 0.5) is 0 Å². The highest BCUT2D eigenvalue weighted by Crippen LogP contribution is 2.22. The molecule has 3 unspecified atom stereocenters. The first-order valence-electron chi connectivity index (χ1n) is 10.9. The molecule has 3 atom stereocenters. The van der Waals surface area contributed by atoms with Crippen LogP contribution in [-0.4, -0.2) is 17.2 Å². The van der Waals surface area contributed by atoms with Crippen molar-refractivity contribution >= 4 is 5.91 Å². The van der Waals surface area contributed by atoms with Crippen LogP contribution >= 0.6 is 0 Å². The average Bonchev–Trinajstić information content (AvgIpc) is 2.54. The van der Waals surface area contributed by atoms with E-state index in [0.29, 0.717) is 6.42 Å². The molecule has 154 valence electrons. The van der Waals surface area contributed by atoms with Crippen molar-refractivity contribution in [3.8, 4) is 0 Å².